The molecule has 0 bridgehead atoms. The molecule has 3 heterocycles. The van der Waals surface area contributed by atoms with E-state index in [-0.39, 0.29) is 27.9 Å². The van der Waals surface area contributed by atoms with E-state index in [4.69, 9.17) is 5.11 Å². The molecule has 0 aliphatic heterocycles. The number of hydrogen-bond acceptors (Lipinski definition) is 7. The van der Waals surface area contributed by atoms with Gasteiger partial charge in [-0.25, -0.2) is 9.97 Å². The van der Waals surface area contributed by atoms with Crippen LogP contribution in [0.3, 0.4) is 0 Å². The van der Waals surface area contributed by atoms with Crippen molar-refractivity contribution < 1.29 is 27.9 Å². The smallest absolute Gasteiger partial charge is 0.393 e. The molecule has 3 aromatic heterocycles. The van der Waals surface area contributed by atoms with E-state index in [1.165, 1.54) is 57.6 Å². The number of alkyl halides is 3. The summed E-state index contributed by atoms with van der Waals surface area (Å²) in [4.78, 5) is 46.7. The minimum atomic E-state index is -4.61. The number of fused-ring (bicyclic) bond motifs is 1. The fourth-order valence-corrected chi connectivity index (χ4v) is 5.22. The molecule has 5 rings (SSSR count). The molecule has 1 aromatic carbocycles. The van der Waals surface area contributed by atoms with Gasteiger partial charge >= 0.3 is 6.18 Å². The quantitative estimate of drug-likeness (QED) is 0.250. The zero-order valence-electron chi connectivity index (χ0n) is 21.8. The van der Waals surface area contributed by atoms with Crippen molar-refractivity contribution in [1.29, 1.82) is 0 Å². The maximum atomic E-state index is 13.1. The molecule has 1 aliphatic carbocycles. The van der Waals surface area contributed by atoms with Crippen LogP contribution in [0, 0.1) is 0 Å². The third-order valence-corrected chi connectivity index (χ3v) is 7.25. The van der Waals surface area contributed by atoms with Crippen LogP contribution in [0.4, 0.5) is 19.0 Å². The van der Waals surface area contributed by atoms with Crippen LogP contribution in [-0.4, -0.2) is 37.9 Å². The van der Waals surface area contributed by atoms with Crippen LogP contribution in [0.1, 0.15) is 62.0 Å². The molecule has 0 radical (unpaired) electrons. The number of thiazole rings is 1. The van der Waals surface area contributed by atoms with Gasteiger partial charge in [-0.1, -0.05) is 25.3 Å². The van der Waals surface area contributed by atoms with Crippen molar-refractivity contribution in [3.8, 4) is 21.7 Å². The Labute approximate surface area is 231 Å². The lowest BCUT2D eigenvalue weighted by atomic mass is 9.98. The molecule has 3 N–H and O–H groups in total. The molecule has 0 saturated heterocycles. The second-order valence-electron chi connectivity index (χ2n) is 9.47. The number of Topliss-reactive ketones (excluding diaryl/α,β-unsaturated/α-hetero) is 1. The summed E-state index contributed by atoms with van der Waals surface area (Å²) < 4.78 is 39.4. The molecule has 1 amide bonds. The number of halogens is 3. The number of benzene rings is 1. The van der Waals surface area contributed by atoms with Crippen LogP contribution < -0.4 is 10.7 Å². The molecule has 0 atom stereocenters. The number of carbonyl (C=O) groups is 2. The average molecular weight is 573 g/mol. The molecule has 0 unspecified atom stereocenters. The fourth-order valence-electron chi connectivity index (χ4n) is 4.37. The van der Waals surface area contributed by atoms with Crippen molar-refractivity contribution >= 4 is 39.7 Å². The van der Waals surface area contributed by atoms with E-state index in [9.17, 15) is 27.6 Å². The van der Waals surface area contributed by atoms with E-state index in [0.29, 0.717) is 22.2 Å². The highest BCUT2D eigenvalue weighted by Crippen LogP contribution is 2.38. The SMILES string of the molecule is CC(=O)Nc1cc(-c2nc(C(F)(F)F)cs2)c(-c2ccc3[nH]cc(C(C)=O)c(=O)c3c2)cn1.OC1CCCCC1. The van der Waals surface area contributed by atoms with Crippen molar-refractivity contribution in [3.05, 3.63) is 63.5 Å². The van der Waals surface area contributed by atoms with E-state index in [0.717, 1.165) is 29.6 Å². The monoisotopic (exact) mass is 572 g/mol. The minimum absolute atomic E-state index is 0.00579. The number of aromatic amines is 1. The molecule has 210 valence electrons. The zero-order valence-corrected chi connectivity index (χ0v) is 22.6. The molecular formula is C28H27F3N4O4S. The predicted molar refractivity (Wildman–Crippen MR) is 147 cm³/mol. The molecule has 1 fully saturated rings. The van der Waals surface area contributed by atoms with Gasteiger partial charge in [0, 0.05) is 46.7 Å². The molecular weight excluding hydrogens is 545 g/mol. The second kappa shape index (κ2) is 12.1. The van der Waals surface area contributed by atoms with Crippen LogP contribution in [-0.2, 0) is 11.0 Å². The number of pyridine rings is 2. The molecule has 8 nitrogen and oxygen atoms in total. The van der Waals surface area contributed by atoms with E-state index in [1.54, 1.807) is 12.1 Å². The summed E-state index contributed by atoms with van der Waals surface area (Å²) in [6, 6.07) is 6.26. The lowest BCUT2D eigenvalue weighted by Gasteiger charge is -2.14. The number of ketones is 1. The fraction of sp³-hybridized carbons (Fsp3) is 0.321. The van der Waals surface area contributed by atoms with E-state index in [2.05, 4.69) is 20.3 Å². The third kappa shape index (κ3) is 6.80. The van der Waals surface area contributed by atoms with Crippen molar-refractivity contribution in [2.24, 2.45) is 0 Å². The summed E-state index contributed by atoms with van der Waals surface area (Å²) in [5.74, 6) is -0.652. The lowest BCUT2D eigenvalue weighted by molar-refractivity contribution is -0.140. The number of aliphatic hydroxyl groups is 1. The molecule has 40 heavy (non-hydrogen) atoms. The zero-order chi connectivity index (χ0) is 29.0. The highest BCUT2D eigenvalue weighted by atomic mass is 32.1. The van der Waals surface area contributed by atoms with Gasteiger partial charge < -0.3 is 15.4 Å². The van der Waals surface area contributed by atoms with Crippen LogP contribution in [0.25, 0.3) is 32.6 Å². The summed E-state index contributed by atoms with van der Waals surface area (Å²) in [6.45, 7) is 2.56. The van der Waals surface area contributed by atoms with Crippen molar-refractivity contribution in [3.63, 3.8) is 0 Å². The van der Waals surface area contributed by atoms with Gasteiger partial charge in [0.05, 0.1) is 11.7 Å². The molecule has 1 aliphatic rings. The van der Waals surface area contributed by atoms with E-state index in [1.807, 2.05) is 0 Å². The number of H-pyrrole nitrogens is 1. The Hall–Kier alpha value is -3.90. The summed E-state index contributed by atoms with van der Waals surface area (Å²) in [5.41, 5.74) is 0.174. The summed E-state index contributed by atoms with van der Waals surface area (Å²) in [6.07, 6.45) is 4.05. The Balaban J connectivity index is 0.000000461. The highest BCUT2D eigenvalue weighted by Gasteiger charge is 2.34. The first kappa shape index (κ1) is 29.1. The Kier molecular flexibility index (Phi) is 8.79. The number of aliphatic hydroxyl groups excluding tert-OH is 1. The predicted octanol–water partition coefficient (Wildman–Crippen LogP) is 6.20. The Bertz CT molecular complexity index is 1610. The minimum Gasteiger partial charge on any atom is -0.393 e. The number of anilines is 1. The maximum absolute atomic E-state index is 13.1. The Morgan fingerprint density at radius 2 is 1.82 bits per heavy atom. The number of carbonyl (C=O) groups excluding carboxylic acids is 2. The summed E-state index contributed by atoms with van der Waals surface area (Å²) in [5, 5.41) is 12.6. The highest BCUT2D eigenvalue weighted by molar-refractivity contribution is 7.13. The molecule has 4 aromatic rings. The van der Waals surface area contributed by atoms with Gasteiger partial charge in [0.15, 0.2) is 16.9 Å². The van der Waals surface area contributed by atoms with Crippen LogP contribution in [0.5, 0.6) is 0 Å². The molecule has 12 heteroatoms. The first-order valence-electron chi connectivity index (χ1n) is 12.6. The van der Waals surface area contributed by atoms with Gasteiger partial charge in [0.1, 0.15) is 10.8 Å². The number of rotatable bonds is 4. The van der Waals surface area contributed by atoms with Crippen molar-refractivity contribution in [2.45, 2.75) is 58.2 Å². The Morgan fingerprint density at radius 3 is 2.40 bits per heavy atom. The maximum Gasteiger partial charge on any atom is 0.434 e. The Morgan fingerprint density at radius 1 is 1.10 bits per heavy atom. The largest absolute Gasteiger partial charge is 0.434 e. The number of nitrogens with zero attached hydrogens (tertiary/aromatic N) is 2. The number of amides is 1. The van der Waals surface area contributed by atoms with Gasteiger partial charge in [-0.05, 0) is 43.5 Å². The summed E-state index contributed by atoms with van der Waals surface area (Å²) >= 11 is 0.795. The first-order valence-corrected chi connectivity index (χ1v) is 13.5. The molecule has 0 spiro atoms. The average Bonchev–Trinajstić information content (AvgIpc) is 3.40. The van der Waals surface area contributed by atoms with Gasteiger partial charge in [0.2, 0.25) is 5.91 Å². The normalized spacial score (nSPS) is 13.9. The lowest BCUT2D eigenvalue weighted by Crippen LogP contribution is -2.13. The van der Waals surface area contributed by atoms with Gasteiger partial charge in [-0.2, -0.15) is 13.2 Å². The topological polar surface area (TPSA) is 125 Å². The van der Waals surface area contributed by atoms with Crippen molar-refractivity contribution in [1.82, 2.24) is 15.0 Å². The van der Waals surface area contributed by atoms with Gasteiger partial charge in [-0.3, -0.25) is 14.4 Å². The number of hydrogen-bond donors (Lipinski definition) is 3. The number of aromatic nitrogens is 3. The molecule has 1 saturated carbocycles. The van der Waals surface area contributed by atoms with Gasteiger partial charge in [0.25, 0.3) is 0 Å². The van der Waals surface area contributed by atoms with Gasteiger partial charge in [-0.15, -0.1) is 11.3 Å². The first-order chi connectivity index (χ1) is 18.9. The van der Waals surface area contributed by atoms with Crippen LogP contribution in [0.2, 0.25) is 0 Å². The standard InChI is InChI=1S/C22H15F3N4O3S.C6H12O/c1-10(30)15-7-26-17-4-3-12(5-14(17)20(15)32)16-8-27-19(28-11(2)31)6-13(16)21-29-18(9-33-21)22(23,24)25;7-6-4-2-1-3-5-6/h3-9H,1-2H3,(H,26,32)(H,27,28,31);6-7H,1-5H2. The van der Waals surface area contributed by atoms with E-state index >= 15 is 0 Å². The summed E-state index contributed by atoms with van der Waals surface area (Å²) in [7, 11) is 0. The van der Waals surface area contributed by atoms with Crippen LogP contribution >= 0.6 is 11.3 Å². The van der Waals surface area contributed by atoms with Crippen molar-refractivity contribution in [2.75, 3.05) is 5.32 Å². The number of nitrogens with one attached hydrogen (secondary N) is 2. The van der Waals surface area contributed by atoms with E-state index < -0.39 is 29.0 Å². The van der Waals surface area contributed by atoms with Crippen LogP contribution in [0.15, 0.2) is 46.8 Å². The third-order valence-electron chi connectivity index (χ3n) is 6.38. The second-order valence-corrected chi connectivity index (χ2v) is 10.3.